The van der Waals surface area contributed by atoms with Crippen LogP contribution in [0, 0.1) is 6.92 Å². The number of pyridine rings is 1. The second kappa shape index (κ2) is 7.27. The summed E-state index contributed by atoms with van der Waals surface area (Å²) in [6, 6.07) is 16.0. The van der Waals surface area contributed by atoms with Crippen LogP contribution in [0.25, 0.3) is 33.2 Å². The van der Waals surface area contributed by atoms with E-state index in [1.165, 1.54) is 6.33 Å². The number of fused-ring (bicyclic) bond motifs is 2. The standard InChI is InChI=1S/C23H17Cl2N5/c1-13-5-4-6-14-9-15(21(29-20(13)14)16-7-2-3-8-17(16)24)10-30-11-18(25)19-22(26)27-12-28-23(19)30/h2-9,11-12H,10H2,1H3,(H2,26,27,28). The minimum atomic E-state index is 0.363. The molecule has 0 unspecified atom stereocenters. The van der Waals surface area contributed by atoms with E-state index in [1.807, 2.05) is 41.1 Å². The molecule has 0 aliphatic rings. The van der Waals surface area contributed by atoms with Crippen molar-refractivity contribution in [2.75, 3.05) is 5.73 Å². The summed E-state index contributed by atoms with van der Waals surface area (Å²) in [6.07, 6.45) is 3.27. The first-order valence-corrected chi connectivity index (χ1v) is 10.2. The number of benzene rings is 2. The molecule has 0 aliphatic heterocycles. The molecule has 5 rings (SSSR count). The summed E-state index contributed by atoms with van der Waals surface area (Å²) in [7, 11) is 0. The number of hydrogen-bond donors (Lipinski definition) is 1. The maximum Gasteiger partial charge on any atom is 0.147 e. The van der Waals surface area contributed by atoms with Crippen LogP contribution in [0.4, 0.5) is 5.82 Å². The zero-order valence-corrected chi connectivity index (χ0v) is 17.6. The van der Waals surface area contributed by atoms with Crippen molar-refractivity contribution < 1.29 is 0 Å². The fourth-order valence-corrected chi connectivity index (χ4v) is 4.32. The third-order valence-electron chi connectivity index (χ3n) is 5.23. The van der Waals surface area contributed by atoms with E-state index in [9.17, 15) is 0 Å². The van der Waals surface area contributed by atoms with Gasteiger partial charge in [-0.15, -0.1) is 0 Å². The summed E-state index contributed by atoms with van der Waals surface area (Å²) in [5.41, 5.74) is 11.5. The summed E-state index contributed by atoms with van der Waals surface area (Å²) in [4.78, 5) is 13.5. The van der Waals surface area contributed by atoms with Crippen LogP contribution < -0.4 is 5.73 Å². The van der Waals surface area contributed by atoms with Crippen LogP contribution in [0.5, 0.6) is 0 Å². The third kappa shape index (κ3) is 3.07. The predicted molar refractivity (Wildman–Crippen MR) is 123 cm³/mol. The SMILES string of the molecule is Cc1cccc2cc(Cn3cc(Cl)c4c(N)ncnc43)c(-c3ccccc3Cl)nc12. The Hall–Kier alpha value is -3.15. The molecular formula is C23H17Cl2N5. The lowest BCUT2D eigenvalue weighted by Crippen LogP contribution is -2.04. The van der Waals surface area contributed by atoms with E-state index in [0.717, 1.165) is 33.3 Å². The molecule has 0 atom stereocenters. The lowest BCUT2D eigenvalue weighted by Gasteiger charge is -2.14. The second-order valence-electron chi connectivity index (χ2n) is 7.19. The molecule has 2 N–H and O–H groups in total. The van der Waals surface area contributed by atoms with Crippen molar-refractivity contribution in [3.63, 3.8) is 0 Å². The molecule has 0 spiro atoms. The van der Waals surface area contributed by atoms with Gasteiger partial charge < -0.3 is 10.3 Å². The van der Waals surface area contributed by atoms with Crippen LogP contribution >= 0.6 is 23.2 Å². The zero-order chi connectivity index (χ0) is 20.8. The van der Waals surface area contributed by atoms with Gasteiger partial charge in [0.15, 0.2) is 0 Å². The van der Waals surface area contributed by atoms with Gasteiger partial charge in [0.1, 0.15) is 17.8 Å². The Morgan fingerprint density at radius 1 is 1.00 bits per heavy atom. The number of aryl methyl sites for hydroxylation is 1. The number of anilines is 1. The van der Waals surface area contributed by atoms with E-state index < -0.39 is 0 Å². The van der Waals surface area contributed by atoms with E-state index >= 15 is 0 Å². The Balaban J connectivity index is 1.76. The Bertz CT molecular complexity index is 1420. The van der Waals surface area contributed by atoms with Gasteiger partial charge in [-0.1, -0.05) is 59.6 Å². The van der Waals surface area contributed by atoms with Gasteiger partial charge in [-0.05, 0) is 30.2 Å². The van der Waals surface area contributed by atoms with Gasteiger partial charge in [0.2, 0.25) is 0 Å². The molecule has 0 radical (unpaired) electrons. The largest absolute Gasteiger partial charge is 0.383 e. The van der Waals surface area contributed by atoms with Gasteiger partial charge in [0.05, 0.1) is 28.2 Å². The van der Waals surface area contributed by atoms with E-state index in [0.29, 0.717) is 33.4 Å². The van der Waals surface area contributed by atoms with Crippen molar-refractivity contribution in [1.82, 2.24) is 19.5 Å². The number of rotatable bonds is 3. The smallest absolute Gasteiger partial charge is 0.147 e. The highest BCUT2D eigenvalue weighted by Gasteiger charge is 2.17. The number of hydrogen-bond acceptors (Lipinski definition) is 4. The van der Waals surface area contributed by atoms with Crippen molar-refractivity contribution >= 4 is 51.0 Å². The maximum atomic E-state index is 6.54. The Morgan fingerprint density at radius 3 is 2.67 bits per heavy atom. The Morgan fingerprint density at radius 2 is 1.83 bits per heavy atom. The molecule has 5 aromatic rings. The average molecular weight is 434 g/mol. The van der Waals surface area contributed by atoms with Crippen molar-refractivity contribution in [2.24, 2.45) is 0 Å². The zero-order valence-electron chi connectivity index (χ0n) is 16.1. The average Bonchev–Trinajstić information content (AvgIpc) is 3.05. The maximum absolute atomic E-state index is 6.54. The van der Waals surface area contributed by atoms with Gasteiger partial charge in [0, 0.05) is 22.2 Å². The van der Waals surface area contributed by atoms with Crippen LogP contribution in [0.2, 0.25) is 10.0 Å². The molecule has 3 aromatic heterocycles. The number of aromatic nitrogens is 4. The molecule has 3 heterocycles. The van der Waals surface area contributed by atoms with Crippen LogP contribution in [0.1, 0.15) is 11.1 Å². The third-order valence-corrected chi connectivity index (χ3v) is 5.85. The van der Waals surface area contributed by atoms with Crippen LogP contribution in [-0.4, -0.2) is 19.5 Å². The molecule has 0 aliphatic carbocycles. The molecule has 0 amide bonds. The fraction of sp³-hybridized carbons (Fsp3) is 0.0870. The van der Waals surface area contributed by atoms with E-state index in [1.54, 1.807) is 0 Å². The first-order valence-electron chi connectivity index (χ1n) is 9.42. The molecule has 0 saturated heterocycles. The fourth-order valence-electron chi connectivity index (χ4n) is 3.80. The summed E-state index contributed by atoms with van der Waals surface area (Å²) < 4.78 is 1.97. The van der Waals surface area contributed by atoms with Gasteiger partial charge in [0.25, 0.3) is 0 Å². The van der Waals surface area contributed by atoms with Gasteiger partial charge in [-0.2, -0.15) is 0 Å². The number of halogens is 2. The minimum absolute atomic E-state index is 0.363. The molecule has 2 aromatic carbocycles. The molecule has 30 heavy (non-hydrogen) atoms. The Kier molecular flexibility index (Phi) is 4.57. The molecule has 0 fully saturated rings. The molecule has 5 nitrogen and oxygen atoms in total. The number of nitrogens with zero attached hydrogens (tertiary/aromatic N) is 4. The number of nitrogens with two attached hydrogens (primary N) is 1. The molecule has 148 valence electrons. The lowest BCUT2D eigenvalue weighted by molar-refractivity contribution is 0.823. The quantitative estimate of drug-likeness (QED) is 0.384. The normalized spacial score (nSPS) is 11.4. The van der Waals surface area contributed by atoms with Crippen LogP contribution in [0.3, 0.4) is 0 Å². The Labute approximate surface area is 183 Å². The topological polar surface area (TPSA) is 69.6 Å². The van der Waals surface area contributed by atoms with Crippen molar-refractivity contribution in [3.8, 4) is 11.3 Å². The first-order chi connectivity index (χ1) is 14.5. The van der Waals surface area contributed by atoms with Crippen molar-refractivity contribution in [1.29, 1.82) is 0 Å². The van der Waals surface area contributed by atoms with Gasteiger partial charge in [-0.3, -0.25) is 0 Å². The summed E-state index contributed by atoms with van der Waals surface area (Å²) in [5.74, 6) is 0.363. The molecule has 0 saturated carbocycles. The highest BCUT2D eigenvalue weighted by atomic mass is 35.5. The van der Waals surface area contributed by atoms with E-state index in [4.69, 9.17) is 33.9 Å². The highest BCUT2D eigenvalue weighted by Crippen LogP contribution is 2.34. The van der Waals surface area contributed by atoms with Crippen molar-refractivity contribution in [3.05, 3.63) is 82.2 Å². The highest BCUT2D eigenvalue weighted by molar-refractivity contribution is 6.36. The van der Waals surface area contributed by atoms with Crippen LogP contribution in [-0.2, 0) is 6.54 Å². The first kappa shape index (κ1) is 18.9. The van der Waals surface area contributed by atoms with Gasteiger partial charge in [-0.25, -0.2) is 15.0 Å². The summed E-state index contributed by atoms with van der Waals surface area (Å²) in [5, 5.41) is 2.90. The summed E-state index contributed by atoms with van der Waals surface area (Å²) in [6.45, 7) is 2.57. The molecule has 7 heteroatoms. The van der Waals surface area contributed by atoms with Crippen molar-refractivity contribution in [2.45, 2.75) is 13.5 Å². The minimum Gasteiger partial charge on any atom is -0.383 e. The van der Waals surface area contributed by atoms with E-state index in [2.05, 4.69) is 35.1 Å². The number of nitrogen functional groups attached to an aromatic ring is 1. The molecular weight excluding hydrogens is 417 g/mol. The van der Waals surface area contributed by atoms with Crippen LogP contribution in [0.15, 0.2) is 61.1 Å². The number of para-hydroxylation sites is 1. The summed E-state index contributed by atoms with van der Waals surface area (Å²) >= 11 is 13.0. The predicted octanol–water partition coefficient (Wildman–Crippen LogP) is 5.89. The second-order valence-corrected chi connectivity index (χ2v) is 8.00. The van der Waals surface area contributed by atoms with Gasteiger partial charge >= 0.3 is 0 Å². The lowest BCUT2D eigenvalue weighted by atomic mass is 10.0. The van der Waals surface area contributed by atoms with E-state index in [-0.39, 0.29) is 0 Å². The monoisotopic (exact) mass is 433 g/mol. The molecule has 0 bridgehead atoms.